The minimum absolute atomic E-state index is 0.0434. The number of thiazole rings is 1. The first-order chi connectivity index (χ1) is 11.4. The molecule has 1 N–H and O–H groups in total. The number of aryl methyl sites for hydroxylation is 3. The van der Waals surface area contributed by atoms with Gasteiger partial charge in [-0.2, -0.15) is 0 Å². The number of carbonyl (C=O) groups is 1. The number of nitrogens with one attached hydrogen (secondary N) is 1. The first-order valence-corrected chi connectivity index (χ1v) is 9.10. The average Bonchev–Trinajstić information content (AvgIpc) is 2.87. The molecule has 0 aliphatic rings. The van der Waals surface area contributed by atoms with Gasteiger partial charge in [0.15, 0.2) is 11.7 Å². The van der Waals surface area contributed by atoms with Crippen LogP contribution >= 0.6 is 27.3 Å². The second kappa shape index (κ2) is 6.91. The van der Waals surface area contributed by atoms with Gasteiger partial charge in [0, 0.05) is 4.47 Å². The van der Waals surface area contributed by atoms with Crippen LogP contribution in [0.3, 0.4) is 0 Å². The molecule has 4 nitrogen and oxygen atoms in total. The monoisotopic (exact) mass is 404 g/mol. The summed E-state index contributed by atoms with van der Waals surface area (Å²) < 4.78 is 7.75. The lowest BCUT2D eigenvalue weighted by Crippen LogP contribution is -2.20. The molecule has 0 unspecified atom stereocenters. The maximum atomic E-state index is 12.1. The fraction of sp³-hybridized carbons (Fsp3) is 0.222. The maximum absolute atomic E-state index is 12.1. The minimum atomic E-state index is -0.215. The maximum Gasteiger partial charge on any atom is 0.264 e. The number of ether oxygens (including phenoxy) is 1. The Bertz CT molecular complexity index is 898. The van der Waals surface area contributed by atoms with Crippen molar-refractivity contribution in [3.63, 3.8) is 0 Å². The predicted octanol–water partition coefficient (Wildman–Crippen LogP) is 5.00. The number of hydrogen-bond donors (Lipinski definition) is 1. The van der Waals surface area contributed by atoms with E-state index in [2.05, 4.69) is 32.3 Å². The van der Waals surface area contributed by atoms with Crippen molar-refractivity contribution in [3.8, 4) is 5.75 Å². The van der Waals surface area contributed by atoms with Crippen LogP contribution in [0.2, 0.25) is 0 Å². The molecule has 0 bridgehead atoms. The van der Waals surface area contributed by atoms with Gasteiger partial charge in [-0.15, -0.1) is 0 Å². The Balaban J connectivity index is 1.67. The van der Waals surface area contributed by atoms with Crippen LogP contribution < -0.4 is 10.1 Å². The van der Waals surface area contributed by atoms with Gasteiger partial charge in [-0.1, -0.05) is 33.3 Å². The van der Waals surface area contributed by atoms with E-state index in [1.54, 1.807) is 0 Å². The average molecular weight is 405 g/mol. The lowest BCUT2D eigenvalue weighted by atomic mass is 10.1. The van der Waals surface area contributed by atoms with Gasteiger partial charge in [-0.3, -0.25) is 10.1 Å². The third-order valence-electron chi connectivity index (χ3n) is 3.56. The van der Waals surface area contributed by atoms with Crippen molar-refractivity contribution in [1.29, 1.82) is 0 Å². The number of rotatable bonds is 4. The number of anilines is 1. The summed E-state index contributed by atoms with van der Waals surface area (Å²) in [5.41, 5.74) is 4.05. The molecule has 24 heavy (non-hydrogen) atoms. The molecule has 0 spiro atoms. The number of hydrogen-bond acceptors (Lipinski definition) is 4. The molecular weight excluding hydrogens is 388 g/mol. The molecule has 3 aromatic rings. The third kappa shape index (κ3) is 3.76. The zero-order chi connectivity index (χ0) is 17.3. The van der Waals surface area contributed by atoms with Crippen LogP contribution in [0.15, 0.2) is 34.8 Å². The topological polar surface area (TPSA) is 51.2 Å². The van der Waals surface area contributed by atoms with Crippen molar-refractivity contribution >= 4 is 48.5 Å². The zero-order valence-electron chi connectivity index (χ0n) is 13.6. The summed E-state index contributed by atoms with van der Waals surface area (Å²) in [5.74, 6) is 0.528. The Labute approximate surface area is 153 Å². The van der Waals surface area contributed by atoms with Gasteiger partial charge in [0.2, 0.25) is 0 Å². The van der Waals surface area contributed by atoms with Crippen LogP contribution in [-0.4, -0.2) is 17.5 Å². The largest absolute Gasteiger partial charge is 0.483 e. The number of carbonyl (C=O) groups excluding carboxylic acids is 1. The second-order valence-corrected chi connectivity index (χ2v) is 7.64. The summed E-state index contributed by atoms with van der Waals surface area (Å²) in [6, 6.07) is 9.97. The third-order valence-corrected chi connectivity index (χ3v) is 4.95. The molecule has 0 atom stereocenters. The molecule has 2 aromatic carbocycles. The molecule has 6 heteroatoms. The van der Waals surface area contributed by atoms with E-state index in [4.69, 9.17) is 4.74 Å². The van der Waals surface area contributed by atoms with Gasteiger partial charge in [-0.05, 0) is 61.7 Å². The standard InChI is InChI=1S/C18H17BrN2O2S/c1-10-4-5-14-15(6-10)24-18(20-14)21-16(22)9-23-17-11(2)7-13(19)8-12(17)3/h4-8H,9H2,1-3H3,(H,20,21,22). The highest BCUT2D eigenvalue weighted by Crippen LogP contribution is 2.28. The molecule has 1 heterocycles. The lowest BCUT2D eigenvalue weighted by Gasteiger charge is -2.12. The van der Waals surface area contributed by atoms with E-state index in [0.29, 0.717) is 5.13 Å². The molecule has 0 saturated heterocycles. The molecule has 124 valence electrons. The normalized spacial score (nSPS) is 10.8. The van der Waals surface area contributed by atoms with Crippen molar-refractivity contribution in [2.75, 3.05) is 11.9 Å². The van der Waals surface area contributed by atoms with Gasteiger partial charge in [0.05, 0.1) is 10.2 Å². The van der Waals surface area contributed by atoms with Gasteiger partial charge in [0.25, 0.3) is 5.91 Å². The Morgan fingerprint density at radius 1 is 1.21 bits per heavy atom. The van der Waals surface area contributed by atoms with Crippen LogP contribution in [0.25, 0.3) is 10.2 Å². The van der Waals surface area contributed by atoms with E-state index in [9.17, 15) is 4.79 Å². The van der Waals surface area contributed by atoms with E-state index < -0.39 is 0 Å². The van der Waals surface area contributed by atoms with Crippen LogP contribution in [0.1, 0.15) is 16.7 Å². The highest BCUT2D eigenvalue weighted by Gasteiger charge is 2.11. The van der Waals surface area contributed by atoms with Gasteiger partial charge >= 0.3 is 0 Å². The molecule has 0 saturated carbocycles. The first-order valence-electron chi connectivity index (χ1n) is 7.49. The van der Waals surface area contributed by atoms with Gasteiger partial charge in [0.1, 0.15) is 5.75 Å². The van der Waals surface area contributed by atoms with Crippen molar-refractivity contribution in [2.24, 2.45) is 0 Å². The zero-order valence-corrected chi connectivity index (χ0v) is 16.0. The van der Waals surface area contributed by atoms with E-state index in [1.807, 2.05) is 45.0 Å². The molecule has 0 aliphatic heterocycles. The van der Waals surface area contributed by atoms with Crippen LogP contribution in [0.4, 0.5) is 5.13 Å². The van der Waals surface area contributed by atoms with Gasteiger partial charge in [-0.25, -0.2) is 4.98 Å². The Hall–Kier alpha value is -1.92. The molecule has 0 radical (unpaired) electrons. The fourth-order valence-corrected chi connectivity index (χ4v) is 4.17. The van der Waals surface area contributed by atoms with Gasteiger partial charge < -0.3 is 4.74 Å². The Kier molecular flexibility index (Phi) is 4.87. The number of halogens is 1. The van der Waals surface area contributed by atoms with Crippen molar-refractivity contribution in [2.45, 2.75) is 20.8 Å². The quantitative estimate of drug-likeness (QED) is 0.665. The highest BCUT2D eigenvalue weighted by atomic mass is 79.9. The smallest absolute Gasteiger partial charge is 0.264 e. The summed E-state index contributed by atoms with van der Waals surface area (Å²) in [6.45, 7) is 5.91. The number of nitrogens with zero attached hydrogens (tertiary/aromatic N) is 1. The second-order valence-electron chi connectivity index (χ2n) is 5.70. The SMILES string of the molecule is Cc1ccc2nc(NC(=O)COc3c(C)cc(Br)cc3C)sc2c1. The van der Waals surface area contributed by atoms with Crippen LogP contribution in [0.5, 0.6) is 5.75 Å². The van der Waals surface area contributed by atoms with Crippen molar-refractivity contribution in [1.82, 2.24) is 4.98 Å². The Morgan fingerprint density at radius 3 is 2.62 bits per heavy atom. The summed E-state index contributed by atoms with van der Waals surface area (Å²) in [5, 5.41) is 3.40. The summed E-state index contributed by atoms with van der Waals surface area (Å²) in [7, 11) is 0. The summed E-state index contributed by atoms with van der Waals surface area (Å²) in [6.07, 6.45) is 0. The van der Waals surface area contributed by atoms with Crippen LogP contribution in [0, 0.1) is 20.8 Å². The number of benzene rings is 2. The van der Waals surface area contributed by atoms with Crippen molar-refractivity contribution in [3.05, 3.63) is 51.5 Å². The molecule has 0 aliphatic carbocycles. The van der Waals surface area contributed by atoms with Crippen LogP contribution in [-0.2, 0) is 4.79 Å². The first kappa shape index (κ1) is 16.9. The highest BCUT2D eigenvalue weighted by molar-refractivity contribution is 9.10. The lowest BCUT2D eigenvalue weighted by molar-refractivity contribution is -0.118. The molecule has 0 fully saturated rings. The minimum Gasteiger partial charge on any atom is -0.483 e. The van der Waals surface area contributed by atoms with Crippen molar-refractivity contribution < 1.29 is 9.53 Å². The fourth-order valence-electron chi connectivity index (χ4n) is 2.50. The van der Waals surface area contributed by atoms with E-state index in [0.717, 1.165) is 31.6 Å². The number of aromatic nitrogens is 1. The summed E-state index contributed by atoms with van der Waals surface area (Å²) >= 11 is 4.92. The van der Waals surface area contributed by atoms with E-state index in [-0.39, 0.29) is 12.5 Å². The molecule has 1 aromatic heterocycles. The molecule has 3 rings (SSSR count). The van der Waals surface area contributed by atoms with E-state index >= 15 is 0 Å². The Morgan fingerprint density at radius 2 is 1.92 bits per heavy atom. The number of fused-ring (bicyclic) bond motifs is 1. The molecular formula is C18H17BrN2O2S. The molecule has 1 amide bonds. The summed E-state index contributed by atoms with van der Waals surface area (Å²) in [4.78, 5) is 16.6. The predicted molar refractivity (Wildman–Crippen MR) is 102 cm³/mol. The number of amides is 1. The van der Waals surface area contributed by atoms with E-state index in [1.165, 1.54) is 16.9 Å².